The van der Waals surface area contributed by atoms with E-state index < -0.39 is 5.97 Å². The SMILES string of the molecule is Cc1nc(CN)sc1CC(=O)O. The van der Waals surface area contributed by atoms with Gasteiger partial charge in [0.05, 0.1) is 12.1 Å². The summed E-state index contributed by atoms with van der Waals surface area (Å²) in [6.07, 6.45) is 0.0451. The third-order valence-electron chi connectivity index (χ3n) is 1.42. The summed E-state index contributed by atoms with van der Waals surface area (Å²) in [5, 5.41) is 9.32. The standard InChI is InChI=1S/C7H10N2O2S/c1-4-5(2-7(10)11)12-6(3-8)9-4/h2-3,8H2,1H3,(H,10,11). The monoisotopic (exact) mass is 186 g/mol. The normalized spacial score (nSPS) is 10.2. The average Bonchev–Trinajstić information content (AvgIpc) is 2.31. The van der Waals surface area contributed by atoms with Gasteiger partial charge in [-0.2, -0.15) is 0 Å². The highest BCUT2D eigenvalue weighted by Gasteiger charge is 2.09. The van der Waals surface area contributed by atoms with Crippen LogP contribution in [0.2, 0.25) is 0 Å². The second-order valence-corrected chi connectivity index (χ2v) is 3.56. The molecule has 12 heavy (non-hydrogen) atoms. The molecule has 0 aliphatic carbocycles. The minimum Gasteiger partial charge on any atom is -0.481 e. The van der Waals surface area contributed by atoms with Gasteiger partial charge in [-0.1, -0.05) is 0 Å². The molecule has 5 heteroatoms. The van der Waals surface area contributed by atoms with E-state index in [1.54, 1.807) is 6.92 Å². The van der Waals surface area contributed by atoms with E-state index >= 15 is 0 Å². The maximum atomic E-state index is 10.4. The molecule has 66 valence electrons. The van der Waals surface area contributed by atoms with Gasteiger partial charge < -0.3 is 10.8 Å². The minimum absolute atomic E-state index is 0.0451. The molecule has 1 rings (SSSR count). The second-order valence-electron chi connectivity index (χ2n) is 2.39. The molecule has 0 atom stereocenters. The molecule has 1 aromatic heterocycles. The molecule has 3 N–H and O–H groups in total. The van der Waals surface area contributed by atoms with E-state index in [2.05, 4.69) is 4.98 Å². The highest BCUT2D eigenvalue weighted by atomic mass is 32.1. The Morgan fingerprint density at radius 2 is 2.42 bits per heavy atom. The largest absolute Gasteiger partial charge is 0.481 e. The quantitative estimate of drug-likeness (QED) is 0.722. The summed E-state index contributed by atoms with van der Waals surface area (Å²) in [5.74, 6) is -0.828. The van der Waals surface area contributed by atoms with Gasteiger partial charge in [0.2, 0.25) is 0 Å². The third kappa shape index (κ3) is 2.02. The van der Waals surface area contributed by atoms with Gasteiger partial charge in [0.25, 0.3) is 0 Å². The molecular formula is C7H10N2O2S. The average molecular weight is 186 g/mol. The van der Waals surface area contributed by atoms with Gasteiger partial charge in [0, 0.05) is 11.4 Å². The number of rotatable bonds is 3. The number of hydrogen-bond acceptors (Lipinski definition) is 4. The molecule has 1 aromatic rings. The zero-order valence-corrected chi connectivity index (χ0v) is 7.52. The van der Waals surface area contributed by atoms with Crippen LogP contribution in [0, 0.1) is 6.92 Å². The summed E-state index contributed by atoms with van der Waals surface area (Å²) >= 11 is 1.37. The Kier molecular flexibility index (Phi) is 2.78. The molecular weight excluding hydrogens is 176 g/mol. The molecule has 0 saturated heterocycles. The lowest BCUT2D eigenvalue weighted by Gasteiger charge is -1.89. The molecule has 0 radical (unpaired) electrons. The van der Waals surface area contributed by atoms with Crippen LogP contribution in [0.5, 0.6) is 0 Å². The number of aromatic nitrogens is 1. The minimum atomic E-state index is -0.828. The lowest BCUT2D eigenvalue weighted by molar-refractivity contribution is -0.136. The van der Waals surface area contributed by atoms with E-state index in [0.29, 0.717) is 6.54 Å². The maximum absolute atomic E-state index is 10.4. The van der Waals surface area contributed by atoms with Crippen molar-refractivity contribution >= 4 is 17.3 Å². The van der Waals surface area contributed by atoms with Crippen LogP contribution >= 0.6 is 11.3 Å². The number of thiazole rings is 1. The van der Waals surface area contributed by atoms with Gasteiger partial charge >= 0.3 is 5.97 Å². The smallest absolute Gasteiger partial charge is 0.308 e. The molecule has 0 aliphatic heterocycles. The molecule has 0 saturated carbocycles. The third-order valence-corrected chi connectivity index (χ3v) is 2.60. The van der Waals surface area contributed by atoms with Crippen LogP contribution in [0.1, 0.15) is 15.6 Å². The number of aryl methyl sites for hydroxylation is 1. The Morgan fingerprint density at radius 3 is 2.83 bits per heavy atom. The zero-order chi connectivity index (χ0) is 9.14. The van der Waals surface area contributed by atoms with E-state index in [1.165, 1.54) is 11.3 Å². The summed E-state index contributed by atoms with van der Waals surface area (Å²) in [6.45, 7) is 2.18. The van der Waals surface area contributed by atoms with Crippen molar-refractivity contribution in [2.45, 2.75) is 19.9 Å². The fourth-order valence-corrected chi connectivity index (χ4v) is 1.82. The lowest BCUT2D eigenvalue weighted by atomic mass is 10.3. The summed E-state index contributed by atoms with van der Waals surface area (Å²) < 4.78 is 0. The number of aliphatic carboxylic acids is 1. The number of carbonyl (C=O) groups is 1. The van der Waals surface area contributed by atoms with Crippen molar-refractivity contribution in [3.05, 3.63) is 15.6 Å². The predicted molar refractivity (Wildman–Crippen MR) is 46.1 cm³/mol. The van der Waals surface area contributed by atoms with Crippen molar-refractivity contribution < 1.29 is 9.90 Å². The maximum Gasteiger partial charge on any atom is 0.308 e. The Balaban J connectivity index is 2.84. The van der Waals surface area contributed by atoms with E-state index in [1.807, 2.05) is 0 Å². The summed E-state index contributed by atoms with van der Waals surface area (Å²) in [7, 11) is 0. The summed E-state index contributed by atoms with van der Waals surface area (Å²) in [5.41, 5.74) is 6.14. The number of nitrogens with zero attached hydrogens (tertiary/aromatic N) is 1. The fourth-order valence-electron chi connectivity index (χ4n) is 0.877. The van der Waals surface area contributed by atoms with Crippen molar-refractivity contribution in [1.29, 1.82) is 0 Å². The van der Waals surface area contributed by atoms with Gasteiger partial charge in [-0.25, -0.2) is 4.98 Å². The van der Waals surface area contributed by atoms with Crippen molar-refractivity contribution in [2.75, 3.05) is 0 Å². The molecule has 0 unspecified atom stereocenters. The first-order valence-electron chi connectivity index (χ1n) is 3.50. The number of carboxylic acids is 1. The predicted octanol–water partition coefficient (Wildman–Crippen LogP) is 0.537. The van der Waals surface area contributed by atoms with Crippen LogP contribution in [0.15, 0.2) is 0 Å². The molecule has 0 amide bonds. The lowest BCUT2D eigenvalue weighted by Crippen LogP contribution is -1.99. The van der Waals surface area contributed by atoms with Crippen molar-refractivity contribution in [1.82, 2.24) is 4.98 Å². The zero-order valence-electron chi connectivity index (χ0n) is 6.70. The van der Waals surface area contributed by atoms with Gasteiger partial charge in [0.1, 0.15) is 5.01 Å². The first-order valence-corrected chi connectivity index (χ1v) is 4.32. The topological polar surface area (TPSA) is 76.2 Å². The van der Waals surface area contributed by atoms with Gasteiger partial charge in [-0.05, 0) is 6.92 Å². The highest BCUT2D eigenvalue weighted by Crippen LogP contribution is 2.17. The second kappa shape index (κ2) is 3.64. The fraction of sp³-hybridized carbons (Fsp3) is 0.429. The first kappa shape index (κ1) is 9.15. The summed E-state index contributed by atoms with van der Waals surface area (Å²) in [6, 6.07) is 0. The molecule has 4 nitrogen and oxygen atoms in total. The van der Waals surface area contributed by atoms with Crippen LogP contribution in [0.4, 0.5) is 0 Å². The van der Waals surface area contributed by atoms with Gasteiger partial charge in [-0.3, -0.25) is 4.79 Å². The number of hydrogen-bond donors (Lipinski definition) is 2. The van der Waals surface area contributed by atoms with E-state index in [4.69, 9.17) is 10.8 Å². The van der Waals surface area contributed by atoms with Crippen molar-refractivity contribution in [3.8, 4) is 0 Å². The summed E-state index contributed by atoms with van der Waals surface area (Å²) in [4.78, 5) is 15.3. The van der Waals surface area contributed by atoms with Crippen molar-refractivity contribution in [2.24, 2.45) is 5.73 Å². The molecule has 0 aromatic carbocycles. The van der Waals surface area contributed by atoms with Crippen LogP contribution in [-0.2, 0) is 17.8 Å². The molecule has 1 heterocycles. The molecule has 0 bridgehead atoms. The van der Waals surface area contributed by atoms with Crippen LogP contribution in [-0.4, -0.2) is 16.1 Å². The van der Waals surface area contributed by atoms with Gasteiger partial charge in [0.15, 0.2) is 0 Å². The Labute approximate surface area is 74.0 Å². The Morgan fingerprint density at radius 1 is 1.75 bits per heavy atom. The van der Waals surface area contributed by atoms with Gasteiger partial charge in [-0.15, -0.1) is 11.3 Å². The number of carboxylic acid groups (broad SMARTS) is 1. The van der Waals surface area contributed by atoms with E-state index in [9.17, 15) is 4.79 Å². The Hall–Kier alpha value is -0.940. The van der Waals surface area contributed by atoms with Crippen LogP contribution in [0.25, 0.3) is 0 Å². The van der Waals surface area contributed by atoms with Crippen LogP contribution in [0.3, 0.4) is 0 Å². The molecule has 0 aliphatic rings. The van der Waals surface area contributed by atoms with E-state index in [-0.39, 0.29) is 6.42 Å². The highest BCUT2D eigenvalue weighted by molar-refractivity contribution is 7.11. The van der Waals surface area contributed by atoms with Crippen LogP contribution < -0.4 is 5.73 Å². The molecule has 0 spiro atoms. The first-order chi connectivity index (χ1) is 5.63. The van der Waals surface area contributed by atoms with Crippen molar-refractivity contribution in [3.63, 3.8) is 0 Å². The number of nitrogens with two attached hydrogens (primary N) is 1. The molecule has 0 fully saturated rings. The van der Waals surface area contributed by atoms with E-state index in [0.717, 1.165) is 15.6 Å². The Bertz CT molecular complexity index is 296.